The van der Waals surface area contributed by atoms with E-state index in [2.05, 4.69) is 38.0 Å². The van der Waals surface area contributed by atoms with Crippen molar-refractivity contribution in [2.45, 2.75) is 51.4 Å². The lowest BCUT2D eigenvalue weighted by atomic mass is 9.94. The van der Waals surface area contributed by atoms with Crippen molar-refractivity contribution in [2.75, 3.05) is 5.32 Å². The fourth-order valence-corrected chi connectivity index (χ4v) is 3.27. The lowest BCUT2D eigenvalue weighted by Gasteiger charge is -2.28. The molecule has 2 aromatic rings. The van der Waals surface area contributed by atoms with E-state index in [1.165, 1.54) is 12.1 Å². The van der Waals surface area contributed by atoms with Crippen LogP contribution in [0.4, 0.5) is 11.5 Å². The van der Waals surface area contributed by atoms with Crippen LogP contribution in [0.2, 0.25) is 0 Å². The van der Waals surface area contributed by atoms with Gasteiger partial charge in [-0.3, -0.25) is 10.1 Å². The predicted molar refractivity (Wildman–Crippen MR) is 89.7 cm³/mol. The lowest BCUT2D eigenvalue weighted by Crippen LogP contribution is -2.38. The Labute approximate surface area is 135 Å². The molecule has 1 saturated heterocycles. The Morgan fingerprint density at radius 1 is 1.26 bits per heavy atom. The molecule has 2 heterocycles. The number of nitrogens with one attached hydrogen (secondary N) is 1. The summed E-state index contributed by atoms with van der Waals surface area (Å²) in [6.45, 7) is 8.32. The molecule has 6 nitrogen and oxygen atoms in total. The zero-order chi connectivity index (χ0) is 16.8. The standard InChI is InChI=1S/C17H21N3O3/c1-16(2)10-14(17(3,4)23-16)19-15-8-5-11-9-12(20(21)22)6-7-13(11)18-15/h5-9,14H,10H2,1-4H3,(H,18,19). The maximum absolute atomic E-state index is 10.8. The minimum Gasteiger partial charge on any atom is -0.367 e. The maximum atomic E-state index is 10.8. The van der Waals surface area contributed by atoms with Crippen LogP contribution in [0, 0.1) is 10.1 Å². The summed E-state index contributed by atoms with van der Waals surface area (Å²) in [4.78, 5) is 15.0. The molecule has 0 radical (unpaired) electrons. The molecule has 1 aromatic carbocycles. The van der Waals surface area contributed by atoms with Gasteiger partial charge in [0.25, 0.3) is 5.69 Å². The number of pyridine rings is 1. The van der Waals surface area contributed by atoms with E-state index in [1.807, 2.05) is 12.1 Å². The average molecular weight is 315 g/mol. The number of nitro groups is 1. The average Bonchev–Trinajstić information content (AvgIpc) is 2.65. The first-order valence-corrected chi connectivity index (χ1v) is 7.68. The zero-order valence-corrected chi connectivity index (χ0v) is 13.8. The summed E-state index contributed by atoms with van der Waals surface area (Å²) in [5.41, 5.74) is 0.359. The van der Waals surface area contributed by atoms with Crippen molar-refractivity contribution in [3.63, 3.8) is 0 Å². The Kier molecular flexibility index (Phi) is 3.52. The molecule has 23 heavy (non-hydrogen) atoms. The van der Waals surface area contributed by atoms with Gasteiger partial charge in [-0.05, 0) is 52.3 Å². The van der Waals surface area contributed by atoms with Gasteiger partial charge in [-0.1, -0.05) is 0 Å². The Morgan fingerprint density at radius 3 is 2.61 bits per heavy atom. The van der Waals surface area contributed by atoms with E-state index in [9.17, 15) is 10.1 Å². The molecule has 0 aliphatic carbocycles. The minimum atomic E-state index is -0.397. The number of nitro benzene ring substituents is 1. The highest BCUT2D eigenvalue weighted by Crippen LogP contribution is 2.38. The highest BCUT2D eigenvalue weighted by Gasteiger charge is 2.45. The highest BCUT2D eigenvalue weighted by molar-refractivity contribution is 5.82. The van der Waals surface area contributed by atoms with Crippen molar-refractivity contribution >= 4 is 22.4 Å². The monoisotopic (exact) mass is 315 g/mol. The number of non-ortho nitro benzene ring substituents is 1. The molecule has 0 bridgehead atoms. The van der Waals surface area contributed by atoms with Gasteiger partial charge in [0.1, 0.15) is 5.82 Å². The molecule has 1 aliphatic heterocycles. The fourth-order valence-electron chi connectivity index (χ4n) is 3.27. The molecule has 0 saturated carbocycles. The third kappa shape index (κ3) is 3.12. The summed E-state index contributed by atoms with van der Waals surface area (Å²) in [6.07, 6.45) is 0.889. The molecule has 0 spiro atoms. The van der Waals surface area contributed by atoms with Gasteiger partial charge in [0.15, 0.2) is 0 Å². The molecule has 1 unspecified atom stereocenters. The second-order valence-corrected chi connectivity index (χ2v) is 7.20. The van der Waals surface area contributed by atoms with Gasteiger partial charge in [0.05, 0.1) is 27.7 Å². The maximum Gasteiger partial charge on any atom is 0.270 e. The number of fused-ring (bicyclic) bond motifs is 1. The molecule has 1 aliphatic rings. The van der Waals surface area contributed by atoms with Crippen molar-refractivity contribution in [1.82, 2.24) is 4.98 Å². The molecule has 1 aromatic heterocycles. The van der Waals surface area contributed by atoms with E-state index in [0.29, 0.717) is 0 Å². The molecular weight excluding hydrogens is 294 g/mol. The molecule has 6 heteroatoms. The van der Waals surface area contributed by atoms with Crippen molar-refractivity contribution in [1.29, 1.82) is 0 Å². The second-order valence-electron chi connectivity index (χ2n) is 7.20. The number of anilines is 1. The van der Waals surface area contributed by atoms with E-state index < -0.39 is 4.92 Å². The van der Waals surface area contributed by atoms with Gasteiger partial charge in [-0.25, -0.2) is 4.98 Å². The third-order valence-corrected chi connectivity index (χ3v) is 4.28. The lowest BCUT2D eigenvalue weighted by molar-refractivity contribution is -0.384. The molecule has 1 fully saturated rings. The molecule has 0 amide bonds. The first-order chi connectivity index (χ1) is 10.7. The SMILES string of the molecule is CC1(C)CC(Nc2ccc3cc([N+](=O)[O-])ccc3n2)C(C)(C)O1. The van der Waals surface area contributed by atoms with Crippen LogP contribution < -0.4 is 5.32 Å². The summed E-state index contributed by atoms with van der Waals surface area (Å²) in [5, 5.41) is 15.0. The summed E-state index contributed by atoms with van der Waals surface area (Å²) < 4.78 is 6.09. The van der Waals surface area contributed by atoms with E-state index >= 15 is 0 Å². The number of nitrogens with zero attached hydrogens (tertiary/aromatic N) is 2. The summed E-state index contributed by atoms with van der Waals surface area (Å²) in [7, 11) is 0. The third-order valence-electron chi connectivity index (χ3n) is 4.28. The van der Waals surface area contributed by atoms with E-state index in [4.69, 9.17) is 4.74 Å². The van der Waals surface area contributed by atoms with Gasteiger partial charge < -0.3 is 10.1 Å². The van der Waals surface area contributed by atoms with Crippen LogP contribution >= 0.6 is 0 Å². The van der Waals surface area contributed by atoms with Crippen LogP contribution in [0.1, 0.15) is 34.1 Å². The minimum absolute atomic E-state index is 0.0760. The molecule has 1 atom stereocenters. The van der Waals surface area contributed by atoms with Crippen LogP contribution in [-0.4, -0.2) is 27.2 Å². The summed E-state index contributed by atoms with van der Waals surface area (Å²) in [5.74, 6) is 0.755. The Balaban J connectivity index is 1.87. The Bertz CT molecular complexity index is 771. The van der Waals surface area contributed by atoms with E-state index in [-0.39, 0.29) is 22.9 Å². The number of rotatable bonds is 3. The smallest absolute Gasteiger partial charge is 0.270 e. The van der Waals surface area contributed by atoms with Crippen molar-refractivity contribution in [3.8, 4) is 0 Å². The van der Waals surface area contributed by atoms with Crippen LogP contribution in [0.15, 0.2) is 30.3 Å². The molecule has 1 N–H and O–H groups in total. The molecule has 3 rings (SSSR count). The largest absolute Gasteiger partial charge is 0.367 e. The zero-order valence-electron chi connectivity index (χ0n) is 13.8. The predicted octanol–water partition coefficient (Wildman–Crippen LogP) is 3.90. The van der Waals surface area contributed by atoms with Gasteiger partial charge in [-0.2, -0.15) is 0 Å². The van der Waals surface area contributed by atoms with Crippen LogP contribution in [0.5, 0.6) is 0 Å². The highest BCUT2D eigenvalue weighted by atomic mass is 16.6. The van der Waals surface area contributed by atoms with Crippen molar-refractivity contribution < 1.29 is 9.66 Å². The first kappa shape index (κ1) is 15.7. The Hall–Kier alpha value is -2.21. The van der Waals surface area contributed by atoms with Crippen LogP contribution in [0.3, 0.4) is 0 Å². The molecular formula is C17H21N3O3. The number of hydrogen-bond donors (Lipinski definition) is 1. The van der Waals surface area contributed by atoms with Gasteiger partial charge >= 0.3 is 0 Å². The topological polar surface area (TPSA) is 77.3 Å². The number of ether oxygens (including phenoxy) is 1. The van der Waals surface area contributed by atoms with Gasteiger partial charge in [0, 0.05) is 17.5 Å². The molecule has 122 valence electrons. The van der Waals surface area contributed by atoms with E-state index in [0.717, 1.165) is 23.1 Å². The number of aromatic nitrogens is 1. The normalized spacial score (nSPS) is 22.2. The fraction of sp³-hybridized carbons (Fsp3) is 0.471. The number of benzene rings is 1. The van der Waals surface area contributed by atoms with Crippen LogP contribution in [0.25, 0.3) is 10.9 Å². The van der Waals surface area contributed by atoms with Gasteiger partial charge in [0.2, 0.25) is 0 Å². The van der Waals surface area contributed by atoms with Crippen molar-refractivity contribution in [2.24, 2.45) is 0 Å². The second kappa shape index (κ2) is 5.16. The summed E-state index contributed by atoms with van der Waals surface area (Å²) in [6, 6.07) is 8.56. The number of hydrogen-bond acceptors (Lipinski definition) is 5. The summed E-state index contributed by atoms with van der Waals surface area (Å²) >= 11 is 0. The van der Waals surface area contributed by atoms with Gasteiger partial charge in [-0.15, -0.1) is 0 Å². The van der Waals surface area contributed by atoms with Crippen molar-refractivity contribution in [3.05, 3.63) is 40.4 Å². The Morgan fingerprint density at radius 2 is 2.00 bits per heavy atom. The van der Waals surface area contributed by atoms with E-state index in [1.54, 1.807) is 6.07 Å². The quantitative estimate of drug-likeness (QED) is 0.686. The van der Waals surface area contributed by atoms with Crippen LogP contribution in [-0.2, 0) is 4.74 Å². The first-order valence-electron chi connectivity index (χ1n) is 7.68.